The first-order chi connectivity index (χ1) is 10.3. The van der Waals surface area contributed by atoms with E-state index >= 15 is 0 Å². The molecule has 0 aliphatic heterocycles. The smallest absolute Gasteiger partial charge is 0.119 e. The first kappa shape index (κ1) is 15.6. The predicted octanol–water partition coefficient (Wildman–Crippen LogP) is 3.39. The quantitative estimate of drug-likeness (QED) is 0.809. The average Bonchev–Trinajstić information content (AvgIpc) is 2.99. The van der Waals surface area contributed by atoms with Gasteiger partial charge in [0.1, 0.15) is 5.75 Å². The summed E-state index contributed by atoms with van der Waals surface area (Å²) in [4.78, 5) is 0. The molecule has 0 aliphatic carbocycles. The zero-order valence-electron chi connectivity index (χ0n) is 13.2. The lowest BCUT2D eigenvalue weighted by atomic mass is 10.0. The molecule has 2 rings (SSSR count). The molecule has 1 N–H and O–H groups in total. The van der Waals surface area contributed by atoms with Gasteiger partial charge in [-0.05, 0) is 43.7 Å². The van der Waals surface area contributed by atoms with E-state index in [2.05, 4.69) is 55.5 Å². The number of aryl methyl sites for hydroxylation is 1. The van der Waals surface area contributed by atoms with Crippen molar-refractivity contribution in [3.63, 3.8) is 0 Å². The van der Waals surface area contributed by atoms with Crippen molar-refractivity contribution in [2.24, 2.45) is 0 Å². The van der Waals surface area contributed by atoms with Gasteiger partial charge in [-0.1, -0.05) is 26.0 Å². The first-order valence-electron chi connectivity index (χ1n) is 7.78. The number of nitrogens with zero attached hydrogens (tertiary/aromatic N) is 2. The van der Waals surface area contributed by atoms with E-state index in [4.69, 9.17) is 4.74 Å². The SMILES string of the molecule is CCCOc1cccc(C(NCC)c2ccnn2CC)c1. The fraction of sp³-hybridized carbons (Fsp3) is 0.471. The third kappa shape index (κ3) is 3.85. The van der Waals surface area contributed by atoms with Crippen LogP contribution >= 0.6 is 0 Å². The van der Waals surface area contributed by atoms with Crippen LogP contribution in [0, 0.1) is 0 Å². The minimum absolute atomic E-state index is 0.141. The second-order valence-corrected chi connectivity index (χ2v) is 4.98. The van der Waals surface area contributed by atoms with Gasteiger partial charge in [-0.25, -0.2) is 0 Å². The summed E-state index contributed by atoms with van der Waals surface area (Å²) in [5.74, 6) is 0.930. The largest absolute Gasteiger partial charge is 0.494 e. The van der Waals surface area contributed by atoms with Crippen molar-refractivity contribution < 1.29 is 4.74 Å². The number of aromatic nitrogens is 2. The van der Waals surface area contributed by atoms with Crippen LogP contribution in [-0.4, -0.2) is 22.9 Å². The third-order valence-electron chi connectivity index (χ3n) is 3.42. The van der Waals surface area contributed by atoms with Crippen molar-refractivity contribution in [1.82, 2.24) is 15.1 Å². The van der Waals surface area contributed by atoms with Gasteiger partial charge in [-0.3, -0.25) is 4.68 Å². The summed E-state index contributed by atoms with van der Waals surface area (Å²) in [5, 5.41) is 7.92. The van der Waals surface area contributed by atoms with Crippen molar-refractivity contribution in [3.8, 4) is 5.75 Å². The molecule has 21 heavy (non-hydrogen) atoms. The topological polar surface area (TPSA) is 39.1 Å². The Morgan fingerprint density at radius 3 is 2.81 bits per heavy atom. The van der Waals surface area contributed by atoms with Crippen LogP contribution in [0.2, 0.25) is 0 Å². The van der Waals surface area contributed by atoms with Crippen LogP contribution in [0.5, 0.6) is 5.75 Å². The number of nitrogens with one attached hydrogen (secondary N) is 1. The van der Waals surface area contributed by atoms with Crippen LogP contribution in [0.25, 0.3) is 0 Å². The molecule has 0 bridgehead atoms. The molecule has 2 aromatic rings. The van der Waals surface area contributed by atoms with Gasteiger partial charge in [0.25, 0.3) is 0 Å². The summed E-state index contributed by atoms with van der Waals surface area (Å²) in [6.45, 7) is 8.88. The molecule has 1 aromatic heterocycles. The number of hydrogen-bond acceptors (Lipinski definition) is 3. The summed E-state index contributed by atoms with van der Waals surface area (Å²) in [5.41, 5.74) is 2.40. The van der Waals surface area contributed by atoms with Gasteiger partial charge in [-0.15, -0.1) is 0 Å². The second-order valence-electron chi connectivity index (χ2n) is 4.98. The Bertz CT molecular complexity index is 550. The van der Waals surface area contributed by atoms with E-state index in [1.165, 1.54) is 11.3 Å². The Morgan fingerprint density at radius 2 is 2.10 bits per heavy atom. The molecule has 114 valence electrons. The highest BCUT2D eigenvalue weighted by atomic mass is 16.5. The highest BCUT2D eigenvalue weighted by Gasteiger charge is 2.17. The fourth-order valence-corrected chi connectivity index (χ4v) is 2.45. The average molecular weight is 287 g/mol. The predicted molar refractivity (Wildman–Crippen MR) is 85.6 cm³/mol. The molecule has 0 fully saturated rings. The lowest BCUT2D eigenvalue weighted by Crippen LogP contribution is -2.24. The summed E-state index contributed by atoms with van der Waals surface area (Å²) in [7, 11) is 0. The maximum atomic E-state index is 5.75. The van der Waals surface area contributed by atoms with Crippen LogP contribution in [0.3, 0.4) is 0 Å². The van der Waals surface area contributed by atoms with E-state index in [-0.39, 0.29) is 6.04 Å². The van der Waals surface area contributed by atoms with Gasteiger partial charge >= 0.3 is 0 Å². The molecule has 0 spiro atoms. The van der Waals surface area contributed by atoms with Gasteiger partial charge in [0.15, 0.2) is 0 Å². The molecular weight excluding hydrogens is 262 g/mol. The van der Waals surface area contributed by atoms with Crippen LogP contribution in [0.1, 0.15) is 44.5 Å². The van der Waals surface area contributed by atoms with E-state index in [9.17, 15) is 0 Å². The summed E-state index contributed by atoms with van der Waals surface area (Å²) in [6.07, 6.45) is 2.88. The van der Waals surface area contributed by atoms with Crippen molar-refractivity contribution in [2.45, 2.75) is 39.8 Å². The summed E-state index contributed by atoms with van der Waals surface area (Å²) in [6, 6.07) is 10.5. The highest BCUT2D eigenvalue weighted by molar-refractivity contribution is 5.34. The number of rotatable bonds is 8. The van der Waals surface area contributed by atoms with E-state index in [0.29, 0.717) is 0 Å². The number of ether oxygens (including phenoxy) is 1. The Labute approximate surface area is 127 Å². The minimum Gasteiger partial charge on any atom is -0.494 e. The molecule has 1 atom stereocenters. The maximum absolute atomic E-state index is 5.75. The van der Waals surface area contributed by atoms with Gasteiger partial charge in [0.2, 0.25) is 0 Å². The summed E-state index contributed by atoms with van der Waals surface area (Å²) >= 11 is 0. The zero-order valence-corrected chi connectivity index (χ0v) is 13.2. The van der Waals surface area contributed by atoms with Crippen LogP contribution in [0.15, 0.2) is 36.5 Å². The van der Waals surface area contributed by atoms with E-state index in [1.54, 1.807) is 0 Å². The van der Waals surface area contributed by atoms with E-state index in [0.717, 1.165) is 31.9 Å². The molecule has 0 radical (unpaired) electrons. The fourth-order valence-electron chi connectivity index (χ4n) is 2.45. The van der Waals surface area contributed by atoms with Crippen LogP contribution in [-0.2, 0) is 6.54 Å². The van der Waals surface area contributed by atoms with Crippen molar-refractivity contribution >= 4 is 0 Å². The Hall–Kier alpha value is -1.81. The Balaban J connectivity index is 2.29. The van der Waals surface area contributed by atoms with Crippen molar-refractivity contribution in [2.75, 3.05) is 13.2 Å². The lowest BCUT2D eigenvalue weighted by molar-refractivity contribution is 0.317. The first-order valence-corrected chi connectivity index (χ1v) is 7.78. The zero-order chi connectivity index (χ0) is 15.1. The molecule has 0 saturated heterocycles. The third-order valence-corrected chi connectivity index (χ3v) is 3.42. The number of benzene rings is 1. The standard InChI is InChI=1S/C17H25N3O/c1-4-12-21-15-9-7-8-14(13-15)17(18-5-2)16-10-11-19-20(16)6-3/h7-11,13,17-18H,4-6,12H2,1-3H3. The lowest BCUT2D eigenvalue weighted by Gasteiger charge is -2.20. The molecule has 4 nitrogen and oxygen atoms in total. The Morgan fingerprint density at radius 1 is 1.24 bits per heavy atom. The van der Waals surface area contributed by atoms with Crippen LogP contribution in [0.4, 0.5) is 0 Å². The molecule has 0 saturated carbocycles. The molecular formula is C17H25N3O. The molecule has 4 heteroatoms. The van der Waals surface area contributed by atoms with Crippen molar-refractivity contribution in [3.05, 3.63) is 47.8 Å². The maximum Gasteiger partial charge on any atom is 0.119 e. The van der Waals surface area contributed by atoms with Gasteiger partial charge in [-0.2, -0.15) is 5.10 Å². The molecule has 1 unspecified atom stereocenters. The normalized spacial score (nSPS) is 12.3. The highest BCUT2D eigenvalue weighted by Crippen LogP contribution is 2.25. The van der Waals surface area contributed by atoms with Gasteiger partial charge in [0, 0.05) is 12.7 Å². The molecule has 0 aliphatic rings. The second kappa shape index (κ2) is 7.84. The van der Waals surface area contributed by atoms with Crippen molar-refractivity contribution in [1.29, 1.82) is 0 Å². The van der Waals surface area contributed by atoms with Crippen LogP contribution < -0.4 is 10.1 Å². The molecule has 1 heterocycles. The minimum atomic E-state index is 0.141. The van der Waals surface area contributed by atoms with Gasteiger partial charge < -0.3 is 10.1 Å². The monoisotopic (exact) mass is 287 g/mol. The van der Waals surface area contributed by atoms with Gasteiger partial charge in [0.05, 0.1) is 18.3 Å². The molecule has 1 aromatic carbocycles. The number of hydrogen-bond donors (Lipinski definition) is 1. The van der Waals surface area contributed by atoms with E-state index < -0.39 is 0 Å². The Kier molecular flexibility index (Phi) is 5.81. The van der Waals surface area contributed by atoms with E-state index in [1.807, 2.05) is 16.9 Å². The summed E-state index contributed by atoms with van der Waals surface area (Å²) < 4.78 is 7.78. The molecule has 0 amide bonds.